The van der Waals surface area contributed by atoms with Crippen molar-refractivity contribution in [3.05, 3.63) is 12.2 Å². The van der Waals surface area contributed by atoms with Crippen molar-refractivity contribution in [1.29, 1.82) is 0 Å². The summed E-state index contributed by atoms with van der Waals surface area (Å²) in [6.45, 7) is 3.29. The Hall–Kier alpha value is -0.870. The van der Waals surface area contributed by atoms with Crippen LogP contribution in [0.1, 0.15) is 52.4 Å². The zero-order chi connectivity index (χ0) is 13.8. The normalized spacial score (nSPS) is 14.7. The van der Waals surface area contributed by atoms with Crippen LogP contribution < -0.4 is 5.32 Å². The van der Waals surface area contributed by atoms with Gasteiger partial charge < -0.3 is 15.5 Å². The molecule has 1 amide bonds. The van der Waals surface area contributed by atoms with Gasteiger partial charge in [0.2, 0.25) is 5.91 Å². The molecule has 0 bridgehead atoms. The lowest BCUT2D eigenvalue weighted by atomic mass is 10.1. The number of nitrogens with one attached hydrogen (secondary N) is 1. The third-order valence-corrected chi connectivity index (χ3v) is 2.81. The lowest BCUT2D eigenvalue weighted by molar-refractivity contribution is -0.120. The van der Waals surface area contributed by atoms with Crippen molar-refractivity contribution in [3.63, 3.8) is 0 Å². The van der Waals surface area contributed by atoms with Crippen LogP contribution >= 0.6 is 0 Å². The summed E-state index contributed by atoms with van der Waals surface area (Å²) in [6, 6.07) is -0.612. The van der Waals surface area contributed by atoms with Gasteiger partial charge in [-0.05, 0) is 12.8 Å². The molecule has 0 radical (unpaired) electrons. The maximum Gasteiger partial charge on any atom is 0.217 e. The molecule has 0 aromatic heterocycles. The fourth-order valence-corrected chi connectivity index (χ4v) is 1.74. The molecule has 106 valence electrons. The summed E-state index contributed by atoms with van der Waals surface area (Å²) < 4.78 is 0. The number of carbonyl (C=O) groups excluding carboxylic acids is 1. The smallest absolute Gasteiger partial charge is 0.217 e. The molecule has 0 aliphatic rings. The minimum atomic E-state index is -0.824. The van der Waals surface area contributed by atoms with Crippen molar-refractivity contribution in [3.8, 4) is 0 Å². The average molecular weight is 257 g/mol. The highest BCUT2D eigenvalue weighted by Gasteiger charge is 2.15. The fraction of sp³-hybridized carbons (Fsp3) is 0.786. The number of hydrogen-bond acceptors (Lipinski definition) is 3. The molecule has 0 aliphatic heterocycles. The molecule has 0 rings (SSSR count). The summed E-state index contributed by atoms with van der Waals surface area (Å²) in [6.07, 6.45) is 9.78. The van der Waals surface area contributed by atoms with E-state index in [2.05, 4.69) is 12.2 Å². The fourth-order valence-electron chi connectivity index (χ4n) is 1.74. The molecule has 0 heterocycles. The van der Waals surface area contributed by atoms with Gasteiger partial charge in [-0.3, -0.25) is 4.79 Å². The standard InChI is InChI=1S/C14H27NO3/c1-3-4-5-6-7-8-9-10-14(18)13(11-16)15-12(2)17/h9-10,13-14,16,18H,3-8,11H2,1-2H3,(H,15,17)/b10-9+. The van der Waals surface area contributed by atoms with Crippen LogP contribution in [0.2, 0.25) is 0 Å². The highest BCUT2D eigenvalue weighted by molar-refractivity contribution is 5.73. The van der Waals surface area contributed by atoms with E-state index >= 15 is 0 Å². The molecule has 4 nitrogen and oxygen atoms in total. The molecule has 0 aromatic carbocycles. The Kier molecular flexibility index (Phi) is 10.7. The van der Waals surface area contributed by atoms with Crippen LogP contribution in [-0.2, 0) is 4.79 Å². The van der Waals surface area contributed by atoms with E-state index in [4.69, 9.17) is 5.11 Å². The van der Waals surface area contributed by atoms with Gasteiger partial charge in [0.15, 0.2) is 0 Å². The highest BCUT2D eigenvalue weighted by atomic mass is 16.3. The van der Waals surface area contributed by atoms with Gasteiger partial charge in [0.05, 0.1) is 18.8 Å². The van der Waals surface area contributed by atoms with Crippen molar-refractivity contribution < 1.29 is 15.0 Å². The van der Waals surface area contributed by atoms with Crippen LogP contribution in [0.3, 0.4) is 0 Å². The Morgan fingerprint density at radius 1 is 1.28 bits per heavy atom. The Morgan fingerprint density at radius 3 is 2.50 bits per heavy atom. The van der Waals surface area contributed by atoms with E-state index in [-0.39, 0.29) is 12.5 Å². The molecular weight excluding hydrogens is 230 g/mol. The van der Waals surface area contributed by atoms with E-state index in [1.807, 2.05) is 6.08 Å². The number of amides is 1. The van der Waals surface area contributed by atoms with Crippen LogP contribution in [0.15, 0.2) is 12.2 Å². The van der Waals surface area contributed by atoms with Crippen molar-refractivity contribution in [2.24, 2.45) is 0 Å². The Labute approximate surface area is 110 Å². The molecule has 4 heteroatoms. The molecule has 18 heavy (non-hydrogen) atoms. The zero-order valence-corrected chi connectivity index (χ0v) is 11.6. The van der Waals surface area contributed by atoms with E-state index in [1.165, 1.54) is 32.6 Å². The first-order chi connectivity index (χ1) is 8.61. The van der Waals surface area contributed by atoms with Gasteiger partial charge in [-0.1, -0.05) is 44.8 Å². The second-order valence-electron chi connectivity index (χ2n) is 4.61. The number of allylic oxidation sites excluding steroid dienone is 1. The monoisotopic (exact) mass is 257 g/mol. The first kappa shape index (κ1) is 17.1. The van der Waals surface area contributed by atoms with Gasteiger partial charge in [0.25, 0.3) is 0 Å². The van der Waals surface area contributed by atoms with E-state index in [9.17, 15) is 9.90 Å². The van der Waals surface area contributed by atoms with Crippen LogP contribution in [0.25, 0.3) is 0 Å². The van der Waals surface area contributed by atoms with Gasteiger partial charge in [0.1, 0.15) is 0 Å². The molecule has 0 fully saturated rings. The number of unbranched alkanes of at least 4 members (excludes halogenated alkanes) is 5. The predicted molar refractivity (Wildman–Crippen MR) is 73.2 cm³/mol. The lowest BCUT2D eigenvalue weighted by Crippen LogP contribution is -2.44. The third kappa shape index (κ3) is 9.19. The summed E-state index contributed by atoms with van der Waals surface area (Å²) in [5, 5.41) is 21.3. The Balaban J connectivity index is 3.76. The SMILES string of the molecule is CCCCCCC/C=C/C(O)C(CO)NC(C)=O. The molecule has 0 aliphatic carbocycles. The van der Waals surface area contributed by atoms with E-state index in [0.29, 0.717) is 0 Å². The number of aliphatic hydroxyl groups is 2. The molecule has 2 unspecified atom stereocenters. The second kappa shape index (κ2) is 11.2. The predicted octanol–water partition coefficient (Wildman–Crippen LogP) is 1.76. The zero-order valence-electron chi connectivity index (χ0n) is 11.6. The molecule has 0 saturated heterocycles. The van der Waals surface area contributed by atoms with Gasteiger partial charge >= 0.3 is 0 Å². The van der Waals surface area contributed by atoms with Crippen molar-refractivity contribution in [1.82, 2.24) is 5.32 Å². The molecule has 0 saturated carbocycles. The minimum Gasteiger partial charge on any atom is -0.394 e. The summed E-state index contributed by atoms with van der Waals surface area (Å²) in [5.74, 6) is -0.249. The first-order valence-electron chi connectivity index (χ1n) is 6.84. The largest absolute Gasteiger partial charge is 0.394 e. The molecule has 3 N–H and O–H groups in total. The van der Waals surface area contributed by atoms with E-state index in [0.717, 1.165) is 12.8 Å². The molecule has 0 aromatic rings. The van der Waals surface area contributed by atoms with Crippen LogP contribution in [0.4, 0.5) is 0 Å². The summed E-state index contributed by atoms with van der Waals surface area (Å²) in [4.78, 5) is 10.8. The number of rotatable bonds is 10. The molecule has 0 spiro atoms. The quantitative estimate of drug-likeness (QED) is 0.412. The summed E-state index contributed by atoms with van der Waals surface area (Å²) in [5.41, 5.74) is 0. The van der Waals surface area contributed by atoms with Crippen molar-refractivity contribution in [2.45, 2.75) is 64.5 Å². The van der Waals surface area contributed by atoms with Gasteiger partial charge in [-0.25, -0.2) is 0 Å². The van der Waals surface area contributed by atoms with Crippen LogP contribution in [-0.4, -0.2) is 34.9 Å². The van der Waals surface area contributed by atoms with Gasteiger partial charge in [0, 0.05) is 6.92 Å². The van der Waals surface area contributed by atoms with Crippen LogP contribution in [0.5, 0.6) is 0 Å². The Bertz CT molecular complexity index is 241. The highest BCUT2D eigenvalue weighted by Crippen LogP contribution is 2.06. The molecular formula is C14H27NO3. The number of hydrogen-bond donors (Lipinski definition) is 3. The summed E-state index contributed by atoms with van der Waals surface area (Å²) in [7, 11) is 0. The maximum atomic E-state index is 10.8. The van der Waals surface area contributed by atoms with E-state index in [1.54, 1.807) is 6.08 Å². The van der Waals surface area contributed by atoms with E-state index < -0.39 is 12.1 Å². The average Bonchev–Trinajstić information content (AvgIpc) is 2.34. The second-order valence-corrected chi connectivity index (χ2v) is 4.61. The van der Waals surface area contributed by atoms with Crippen LogP contribution in [0, 0.1) is 0 Å². The Morgan fingerprint density at radius 2 is 1.94 bits per heavy atom. The van der Waals surface area contributed by atoms with Gasteiger partial charge in [-0.2, -0.15) is 0 Å². The minimum absolute atomic E-state index is 0.249. The third-order valence-electron chi connectivity index (χ3n) is 2.81. The topological polar surface area (TPSA) is 69.6 Å². The van der Waals surface area contributed by atoms with Gasteiger partial charge in [-0.15, -0.1) is 0 Å². The summed E-state index contributed by atoms with van der Waals surface area (Å²) >= 11 is 0. The lowest BCUT2D eigenvalue weighted by Gasteiger charge is -2.18. The number of aliphatic hydroxyl groups excluding tert-OH is 2. The maximum absolute atomic E-state index is 10.8. The first-order valence-corrected chi connectivity index (χ1v) is 6.84. The van der Waals surface area contributed by atoms with Crippen molar-refractivity contribution in [2.75, 3.05) is 6.61 Å². The molecule has 2 atom stereocenters. The van der Waals surface area contributed by atoms with Crippen molar-refractivity contribution >= 4 is 5.91 Å². The number of carbonyl (C=O) groups is 1.